The van der Waals surface area contributed by atoms with Gasteiger partial charge in [0.05, 0.1) is 6.21 Å². The number of hydrogen-bond acceptors (Lipinski definition) is 4. The third-order valence-corrected chi connectivity index (χ3v) is 2.84. The van der Waals surface area contributed by atoms with Crippen LogP contribution < -0.4 is 15.3 Å². The molecule has 0 saturated carbocycles. The molecule has 4 nitrogen and oxygen atoms in total. The van der Waals surface area contributed by atoms with Gasteiger partial charge in [0.25, 0.3) is 0 Å². The molecule has 90 valence electrons. The summed E-state index contributed by atoms with van der Waals surface area (Å²) >= 11 is 0. The first-order valence-electron chi connectivity index (χ1n) is 5.60. The third kappa shape index (κ3) is 1.88. The van der Waals surface area contributed by atoms with Crippen molar-refractivity contribution in [1.29, 1.82) is 0 Å². The fraction of sp³-hybridized carbons (Fsp3) is 0.0714. The predicted octanol–water partition coefficient (Wildman–Crippen LogP) is 2.37. The summed E-state index contributed by atoms with van der Waals surface area (Å²) in [6, 6.07) is 13.9. The molecule has 18 heavy (non-hydrogen) atoms. The topological polar surface area (TPSA) is 56.8 Å². The summed E-state index contributed by atoms with van der Waals surface area (Å²) in [4.78, 5) is 0. The number of benzene rings is 2. The largest absolute Gasteiger partial charge is 0.454 e. The highest BCUT2D eigenvalue weighted by atomic mass is 16.7. The maximum absolute atomic E-state index is 5.36. The molecule has 1 aliphatic rings. The number of hydrazone groups is 1. The Bertz CT molecular complexity index is 591. The zero-order valence-electron chi connectivity index (χ0n) is 9.67. The average molecular weight is 240 g/mol. The van der Waals surface area contributed by atoms with Crippen LogP contribution in [0.1, 0.15) is 5.56 Å². The second-order valence-corrected chi connectivity index (χ2v) is 3.97. The van der Waals surface area contributed by atoms with Crippen molar-refractivity contribution in [3.63, 3.8) is 0 Å². The van der Waals surface area contributed by atoms with E-state index in [4.69, 9.17) is 15.3 Å². The fourth-order valence-corrected chi connectivity index (χ4v) is 1.92. The van der Waals surface area contributed by atoms with Crippen LogP contribution in [-0.2, 0) is 0 Å². The summed E-state index contributed by atoms with van der Waals surface area (Å²) in [5.74, 6) is 6.70. The second-order valence-electron chi connectivity index (χ2n) is 3.97. The van der Waals surface area contributed by atoms with E-state index in [-0.39, 0.29) is 0 Å². The zero-order valence-corrected chi connectivity index (χ0v) is 9.67. The molecule has 0 atom stereocenters. The second kappa shape index (κ2) is 4.41. The average Bonchev–Trinajstić information content (AvgIpc) is 2.87. The Morgan fingerprint density at radius 2 is 1.67 bits per heavy atom. The first-order valence-corrected chi connectivity index (χ1v) is 5.60. The van der Waals surface area contributed by atoms with Crippen LogP contribution in [0.5, 0.6) is 11.5 Å². The molecular formula is C14H12N2O2. The predicted molar refractivity (Wildman–Crippen MR) is 69.8 cm³/mol. The van der Waals surface area contributed by atoms with Crippen molar-refractivity contribution >= 4 is 6.21 Å². The molecule has 0 aliphatic carbocycles. The van der Waals surface area contributed by atoms with Gasteiger partial charge in [-0.05, 0) is 28.8 Å². The Balaban J connectivity index is 1.94. The Morgan fingerprint density at radius 1 is 0.944 bits per heavy atom. The Morgan fingerprint density at radius 3 is 2.44 bits per heavy atom. The summed E-state index contributed by atoms with van der Waals surface area (Å²) in [5, 5.41) is 3.49. The smallest absolute Gasteiger partial charge is 0.231 e. The van der Waals surface area contributed by atoms with E-state index >= 15 is 0 Å². The van der Waals surface area contributed by atoms with Crippen LogP contribution in [0.15, 0.2) is 47.6 Å². The van der Waals surface area contributed by atoms with E-state index in [0.29, 0.717) is 6.79 Å². The molecule has 0 bridgehead atoms. The molecule has 0 radical (unpaired) electrons. The van der Waals surface area contributed by atoms with Crippen molar-refractivity contribution in [3.8, 4) is 22.6 Å². The van der Waals surface area contributed by atoms with Crippen molar-refractivity contribution in [2.45, 2.75) is 0 Å². The molecule has 2 N–H and O–H groups in total. The number of nitrogens with zero attached hydrogens (tertiary/aromatic N) is 1. The Labute approximate surface area is 105 Å². The summed E-state index contributed by atoms with van der Waals surface area (Å²) in [7, 11) is 0. The van der Waals surface area contributed by atoms with Crippen LogP contribution >= 0.6 is 0 Å². The highest BCUT2D eigenvalue weighted by molar-refractivity contribution is 5.81. The molecule has 1 aliphatic heterocycles. The van der Waals surface area contributed by atoms with Crippen LogP contribution in [0.2, 0.25) is 0 Å². The standard InChI is InChI=1S/C14H12N2O2/c15-16-8-10-1-3-11(4-2-10)12-5-6-13-14(7-12)18-9-17-13/h1-8H,9,15H2. The normalized spacial score (nSPS) is 13.1. The van der Waals surface area contributed by atoms with Gasteiger partial charge in [0, 0.05) is 0 Å². The molecule has 0 spiro atoms. The summed E-state index contributed by atoms with van der Waals surface area (Å²) in [6.45, 7) is 0.296. The lowest BCUT2D eigenvalue weighted by molar-refractivity contribution is 0.174. The molecular weight excluding hydrogens is 228 g/mol. The molecule has 0 aromatic heterocycles. The maximum atomic E-state index is 5.36. The van der Waals surface area contributed by atoms with Gasteiger partial charge < -0.3 is 15.3 Å². The van der Waals surface area contributed by atoms with E-state index in [1.165, 1.54) is 0 Å². The Hall–Kier alpha value is -2.49. The first kappa shape index (κ1) is 10.7. The molecule has 0 saturated heterocycles. The van der Waals surface area contributed by atoms with Gasteiger partial charge in [0.1, 0.15) is 0 Å². The van der Waals surface area contributed by atoms with Gasteiger partial charge in [-0.3, -0.25) is 0 Å². The minimum Gasteiger partial charge on any atom is -0.454 e. The molecule has 0 fully saturated rings. The van der Waals surface area contributed by atoms with Crippen LogP contribution in [0.4, 0.5) is 0 Å². The minimum atomic E-state index is 0.296. The van der Waals surface area contributed by atoms with Crippen LogP contribution in [0, 0.1) is 0 Å². The lowest BCUT2D eigenvalue weighted by atomic mass is 10.0. The number of hydrogen-bond donors (Lipinski definition) is 1. The molecule has 2 aromatic rings. The van der Waals surface area contributed by atoms with Gasteiger partial charge in [-0.1, -0.05) is 30.3 Å². The lowest BCUT2D eigenvalue weighted by Gasteiger charge is -2.03. The van der Waals surface area contributed by atoms with E-state index in [0.717, 1.165) is 28.2 Å². The van der Waals surface area contributed by atoms with E-state index < -0.39 is 0 Å². The summed E-state index contributed by atoms with van der Waals surface area (Å²) in [5.41, 5.74) is 3.18. The van der Waals surface area contributed by atoms with Gasteiger partial charge in [-0.15, -0.1) is 0 Å². The quantitative estimate of drug-likeness (QED) is 0.498. The van der Waals surface area contributed by atoms with E-state index in [1.54, 1.807) is 6.21 Å². The van der Waals surface area contributed by atoms with Gasteiger partial charge in [0.15, 0.2) is 11.5 Å². The van der Waals surface area contributed by atoms with Crippen molar-refractivity contribution in [3.05, 3.63) is 48.0 Å². The highest BCUT2D eigenvalue weighted by Crippen LogP contribution is 2.35. The lowest BCUT2D eigenvalue weighted by Crippen LogP contribution is -1.92. The van der Waals surface area contributed by atoms with Gasteiger partial charge >= 0.3 is 0 Å². The van der Waals surface area contributed by atoms with E-state index in [2.05, 4.69) is 5.10 Å². The van der Waals surface area contributed by atoms with Crippen molar-refractivity contribution in [1.82, 2.24) is 0 Å². The molecule has 2 aromatic carbocycles. The van der Waals surface area contributed by atoms with Crippen molar-refractivity contribution < 1.29 is 9.47 Å². The highest BCUT2D eigenvalue weighted by Gasteiger charge is 2.13. The summed E-state index contributed by atoms with van der Waals surface area (Å²) < 4.78 is 10.6. The summed E-state index contributed by atoms with van der Waals surface area (Å²) in [6.07, 6.45) is 1.61. The molecule has 0 unspecified atom stereocenters. The number of nitrogens with two attached hydrogens (primary N) is 1. The van der Waals surface area contributed by atoms with Crippen LogP contribution in [-0.4, -0.2) is 13.0 Å². The van der Waals surface area contributed by atoms with Gasteiger partial charge in [-0.2, -0.15) is 5.10 Å². The molecule has 4 heteroatoms. The number of rotatable bonds is 2. The Kier molecular flexibility index (Phi) is 2.61. The zero-order chi connectivity index (χ0) is 12.4. The molecule has 0 amide bonds. The van der Waals surface area contributed by atoms with Crippen molar-refractivity contribution in [2.24, 2.45) is 10.9 Å². The van der Waals surface area contributed by atoms with Crippen molar-refractivity contribution in [2.75, 3.05) is 6.79 Å². The molecule has 1 heterocycles. The first-order chi connectivity index (χ1) is 8.86. The minimum absolute atomic E-state index is 0.296. The van der Waals surface area contributed by atoms with Crippen LogP contribution in [0.25, 0.3) is 11.1 Å². The fourth-order valence-electron chi connectivity index (χ4n) is 1.92. The van der Waals surface area contributed by atoms with E-state index in [1.807, 2.05) is 42.5 Å². The van der Waals surface area contributed by atoms with Crippen LogP contribution in [0.3, 0.4) is 0 Å². The number of fused-ring (bicyclic) bond motifs is 1. The SMILES string of the molecule is NN=Cc1ccc(-c2ccc3c(c2)OCO3)cc1. The van der Waals surface area contributed by atoms with E-state index in [9.17, 15) is 0 Å². The number of ether oxygens (including phenoxy) is 2. The van der Waals surface area contributed by atoms with Gasteiger partial charge in [0.2, 0.25) is 6.79 Å². The monoisotopic (exact) mass is 240 g/mol. The van der Waals surface area contributed by atoms with Gasteiger partial charge in [-0.25, -0.2) is 0 Å². The third-order valence-electron chi connectivity index (χ3n) is 2.84. The molecule has 3 rings (SSSR count). The maximum Gasteiger partial charge on any atom is 0.231 e.